The molecular weight excluding hydrogens is 318 g/mol. The first-order valence-electron chi connectivity index (χ1n) is 8.69. The molecule has 0 unspecified atom stereocenters. The summed E-state index contributed by atoms with van der Waals surface area (Å²) in [6.07, 6.45) is 2.00. The van der Waals surface area contributed by atoms with Crippen molar-refractivity contribution < 1.29 is 9.53 Å². The molecule has 134 valence electrons. The smallest absolute Gasteiger partial charge is 0.319 e. The molecule has 1 aromatic rings. The van der Waals surface area contributed by atoms with Crippen LogP contribution in [0, 0.1) is 16.7 Å². The normalized spacial score (nSPS) is 23.9. The Morgan fingerprint density at radius 2 is 2.20 bits per heavy atom. The molecule has 1 spiro atoms. The number of likely N-dealkylation sites (tertiary alicyclic amines) is 1. The number of anilines is 1. The largest absolute Gasteiger partial charge is 0.379 e. The third-order valence-electron chi connectivity index (χ3n) is 4.93. The molecule has 2 saturated heterocycles. The van der Waals surface area contributed by atoms with Gasteiger partial charge in [0, 0.05) is 45.7 Å². The maximum atomic E-state index is 12.4. The van der Waals surface area contributed by atoms with Crippen molar-refractivity contribution in [1.82, 2.24) is 14.8 Å². The molecule has 1 atom stereocenters. The lowest BCUT2D eigenvalue weighted by Gasteiger charge is -2.44. The summed E-state index contributed by atoms with van der Waals surface area (Å²) in [5.74, 6) is 0.806. The molecule has 3 rings (SSSR count). The van der Waals surface area contributed by atoms with E-state index in [4.69, 9.17) is 10.00 Å². The van der Waals surface area contributed by atoms with Crippen LogP contribution in [0.1, 0.15) is 18.5 Å². The Bertz CT molecular complexity index is 672. The van der Waals surface area contributed by atoms with Crippen LogP contribution in [0.2, 0.25) is 0 Å². The number of carbonyl (C=O) groups is 1. The summed E-state index contributed by atoms with van der Waals surface area (Å²) in [5, 5.41) is 9.10. The van der Waals surface area contributed by atoms with Crippen molar-refractivity contribution in [2.45, 2.75) is 12.8 Å². The maximum absolute atomic E-state index is 12.4. The summed E-state index contributed by atoms with van der Waals surface area (Å²) in [7, 11) is 3.58. The van der Waals surface area contributed by atoms with Crippen LogP contribution in [0.25, 0.3) is 0 Å². The second-order valence-electron chi connectivity index (χ2n) is 7.17. The zero-order valence-electron chi connectivity index (χ0n) is 14.9. The van der Waals surface area contributed by atoms with Gasteiger partial charge in [-0.15, -0.1) is 0 Å². The van der Waals surface area contributed by atoms with Gasteiger partial charge in [0.15, 0.2) is 0 Å². The Labute approximate surface area is 148 Å². The highest BCUT2D eigenvalue weighted by Crippen LogP contribution is 2.34. The van der Waals surface area contributed by atoms with E-state index in [1.165, 1.54) is 0 Å². The van der Waals surface area contributed by atoms with E-state index in [0.717, 1.165) is 38.3 Å². The van der Waals surface area contributed by atoms with E-state index in [2.05, 4.69) is 16.0 Å². The Hall–Kier alpha value is -2.33. The van der Waals surface area contributed by atoms with Gasteiger partial charge in [0.25, 0.3) is 0 Å². The molecule has 2 aliphatic heterocycles. The van der Waals surface area contributed by atoms with Crippen LogP contribution in [-0.2, 0) is 4.74 Å². The summed E-state index contributed by atoms with van der Waals surface area (Å²) >= 11 is 0. The molecule has 0 radical (unpaired) electrons. The summed E-state index contributed by atoms with van der Waals surface area (Å²) in [5.41, 5.74) is 0.329. The van der Waals surface area contributed by atoms with Gasteiger partial charge in [0.1, 0.15) is 17.6 Å². The van der Waals surface area contributed by atoms with Gasteiger partial charge in [0.2, 0.25) is 0 Å². The minimum Gasteiger partial charge on any atom is -0.379 e. The zero-order chi connectivity index (χ0) is 17.9. The molecule has 0 aromatic carbocycles. The first-order valence-corrected chi connectivity index (χ1v) is 8.69. The second-order valence-corrected chi connectivity index (χ2v) is 7.17. The summed E-state index contributed by atoms with van der Waals surface area (Å²) in [6, 6.07) is 7.67. The average molecular weight is 343 g/mol. The SMILES string of the molecule is CN(C)C(=O)N1CCC[C@@]2(COCCN(c3cccc(C#N)n3)C2)C1. The fraction of sp³-hybridized carbons (Fsp3) is 0.611. The monoisotopic (exact) mass is 343 g/mol. The van der Waals surface area contributed by atoms with Crippen molar-refractivity contribution in [3.63, 3.8) is 0 Å². The quantitative estimate of drug-likeness (QED) is 0.774. The van der Waals surface area contributed by atoms with Crippen LogP contribution in [0.3, 0.4) is 0 Å². The Kier molecular flexibility index (Phi) is 5.09. The van der Waals surface area contributed by atoms with Crippen LogP contribution in [0.4, 0.5) is 10.6 Å². The molecule has 0 saturated carbocycles. The number of nitrogens with zero attached hydrogens (tertiary/aromatic N) is 5. The van der Waals surface area contributed by atoms with Crippen molar-refractivity contribution in [2.24, 2.45) is 5.41 Å². The Balaban J connectivity index is 1.81. The average Bonchev–Trinajstić information content (AvgIpc) is 2.83. The third kappa shape index (κ3) is 3.85. The third-order valence-corrected chi connectivity index (χ3v) is 4.93. The van der Waals surface area contributed by atoms with E-state index < -0.39 is 0 Å². The minimum atomic E-state index is -0.0925. The number of nitriles is 1. The lowest BCUT2D eigenvalue weighted by atomic mass is 9.80. The number of piperidine rings is 1. The van der Waals surface area contributed by atoms with Crippen LogP contribution in [0.5, 0.6) is 0 Å². The fourth-order valence-electron chi connectivity index (χ4n) is 3.75. The zero-order valence-corrected chi connectivity index (χ0v) is 14.9. The van der Waals surface area contributed by atoms with E-state index in [0.29, 0.717) is 25.5 Å². The standard InChI is InChI=1S/C18H25N5O2/c1-21(2)17(24)23-8-4-7-18(13-23)12-22(9-10-25-14-18)16-6-3-5-15(11-19)20-16/h3,5-6H,4,7-10,12-14H2,1-2H3/t18-/m0/s1. The molecule has 7 heteroatoms. The Morgan fingerprint density at radius 3 is 2.96 bits per heavy atom. The van der Waals surface area contributed by atoms with Gasteiger partial charge < -0.3 is 19.4 Å². The van der Waals surface area contributed by atoms with E-state index >= 15 is 0 Å². The van der Waals surface area contributed by atoms with Gasteiger partial charge in [-0.05, 0) is 25.0 Å². The predicted octanol–water partition coefficient (Wildman–Crippen LogP) is 1.55. The number of urea groups is 1. The van der Waals surface area contributed by atoms with Gasteiger partial charge in [-0.3, -0.25) is 0 Å². The molecule has 2 fully saturated rings. The van der Waals surface area contributed by atoms with Gasteiger partial charge >= 0.3 is 6.03 Å². The molecule has 1 aromatic heterocycles. The molecule has 3 heterocycles. The second kappa shape index (κ2) is 7.28. The molecule has 0 N–H and O–H groups in total. The maximum Gasteiger partial charge on any atom is 0.319 e. The number of amides is 2. The van der Waals surface area contributed by atoms with Gasteiger partial charge in [-0.2, -0.15) is 5.26 Å². The van der Waals surface area contributed by atoms with Crippen LogP contribution in [-0.4, -0.2) is 74.3 Å². The molecule has 25 heavy (non-hydrogen) atoms. The van der Waals surface area contributed by atoms with Crippen molar-refractivity contribution in [3.8, 4) is 6.07 Å². The van der Waals surface area contributed by atoms with Crippen molar-refractivity contribution >= 4 is 11.8 Å². The topological polar surface area (TPSA) is 72.7 Å². The molecule has 7 nitrogen and oxygen atoms in total. The molecule has 0 aliphatic carbocycles. The summed E-state index contributed by atoms with van der Waals surface area (Å²) < 4.78 is 5.90. The lowest BCUT2D eigenvalue weighted by Crippen LogP contribution is -2.54. The highest BCUT2D eigenvalue weighted by Gasteiger charge is 2.40. The van der Waals surface area contributed by atoms with Gasteiger partial charge in [-0.1, -0.05) is 6.07 Å². The first kappa shape index (κ1) is 17.5. The van der Waals surface area contributed by atoms with Crippen LogP contribution >= 0.6 is 0 Å². The van der Waals surface area contributed by atoms with Crippen LogP contribution < -0.4 is 4.90 Å². The summed E-state index contributed by atoms with van der Waals surface area (Å²) in [4.78, 5) is 22.6. The molecule has 2 amide bonds. The number of hydrogen-bond donors (Lipinski definition) is 0. The molecule has 0 bridgehead atoms. The van der Waals surface area contributed by atoms with Crippen LogP contribution in [0.15, 0.2) is 18.2 Å². The van der Waals surface area contributed by atoms with E-state index in [1.54, 1.807) is 25.1 Å². The van der Waals surface area contributed by atoms with E-state index in [-0.39, 0.29) is 11.4 Å². The first-order chi connectivity index (χ1) is 12.0. The number of carbonyl (C=O) groups excluding carboxylic acids is 1. The number of rotatable bonds is 1. The fourth-order valence-corrected chi connectivity index (χ4v) is 3.75. The minimum absolute atomic E-state index is 0.0551. The lowest BCUT2D eigenvalue weighted by molar-refractivity contribution is 0.0210. The molecule has 2 aliphatic rings. The van der Waals surface area contributed by atoms with Gasteiger partial charge in [0.05, 0.1) is 13.2 Å². The summed E-state index contributed by atoms with van der Waals surface area (Å²) in [6.45, 7) is 4.29. The van der Waals surface area contributed by atoms with Crippen molar-refractivity contribution in [3.05, 3.63) is 23.9 Å². The van der Waals surface area contributed by atoms with E-state index in [9.17, 15) is 4.79 Å². The highest BCUT2D eigenvalue weighted by atomic mass is 16.5. The van der Waals surface area contributed by atoms with Gasteiger partial charge in [-0.25, -0.2) is 9.78 Å². The van der Waals surface area contributed by atoms with E-state index in [1.807, 2.05) is 17.0 Å². The Morgan fingerprint density at radius 1 is 1.36 bits per heavy atom. The number of aromatic nitrogens is 1. The molecular formula is C18H25N5O2. The number of pyridine rings is 1. The van der Waals surface area contributed by atoms with Crippen molar-refractivity contribution in [1.29, 1.82) is 5.26 Å². The predicted molar refractivity (Wildman–Crippen MR) is 94.3 cm³/mol. The van der Waals surface area contributed by atoms with Crippen molar-refractivity contribution in [2.75, 3.05) is 58.4 Å². The number of hydrogen-bond acceptors (Lipinski definition) is 5. The highest BCUT2D eigenvalue weighted by molar-refractivity contribution is 5.74. The number of ether oxygens (including phenoxy) is 1.